The van der Waals surface area contributed by atoms with Gasteiger partial charge in [0.2, 0.25) is 0 Å². The van der Waals surface area contributed by atoms with E-state index in [2.05, 4.69) is 48.6 Å². The Morgan fingerprint density at radius 3 is 2.48 bits per heavy atom. The van der Waals surface area contributed by atoms with Crippen LogP contribution in [0.3, 0.4) is 0 Å². The molecule has 0 aliphatic carbocycles. The zero-order chi connectivity index (χ0) is 21.0. The molecule has 0 saturated carbocycles. The topological polar surface area (TPSA) is 35.6 Å². The predicted octanol–water partition coefficient (Wildman–Crippen LogP) is 6.17. The standard InChI is InChI=1S/C22H33N3OS3/c1-6-22(7-2)13-15-25(16-14-22)21-17(3)9-8-10-18(21)23-28-19-11-12-20(27-19)29(26)24(4)5/h8-12,23H,6-7,13-16H2,1-5H3. The van der Waals surface area contributed by atoms with Crippen LogP contribution in [0.25, 0.3) is 0 Å². The molecule has 1 aromatic heterocycles. The molecule has 1 unspecified atom stereocenters. The highest BCUT2D eigenvalue weighted by molar-refractivity contribution is 8.02. The molecular weight excluding hydrogens is 418 g/mol. The predicted molar refractivity (Wildman–Crippen MR) is 130 cm³/mol. The second kappa shape index (κ2) is 9.86. The fourth-order valence-electron chi connectivity index (χ4n) is 4.06. The quantitative estimate of drug-likeness (QED) is 0.487. The number of rotatable bonds is 8. The van der Waals surface area contributed by atoms with Crippen LogP contribution in [0.15, 0.2) is 38.8 Å². The fourth-order valence-corrected chi connectivity index (χ4v) is 7.31. The van der Waals surface area contributed by atoms with Crippen molar-refractivity contribution in [1.82, 2.24) is 4.31 Å². The molecule has 1 aliphatic heterocycles. The van der Waals surface area contributed by atoms with Crippen molar-refractivity contribution in [2.45, 2.75) is 54.9 Å². The second-order valence-electron chi connectivity index (χ2n) is 8.00. The minimum Gasteiger partial charge on any atom is -0.370 e. The van der Waals surface area contributed by atoms with Gasteiger partial charge in [0.05, 0.1) is 15.6 Å². The van der Waals surface area contributed by atoms with Gasteiger partial charge in [-0.3, -0.25) is 0 Å². The summed E-state index contributed by atoms with van der Waals surface area (Å²) < 4.78 is 19.6. The van der Waals surface area contributed by atoms with E-state index in [-0.39, 0.29) is 0 Å². The van der Waals surface area contributed by atoms with Crippen LogP contribution in [0.1, 0.15) is 45.1 Å². The Balaban J connectivity index is 1.72. The van der Waals surface area contributed by atoms with Gasteiger partial charge in [0.25, 0.3) is 0 Å². The molecule has 1 aromatic carbocycles. The van der Waals surface area contributed by atoms with Crippen LogP contribution in [0, 0.1) is 12.3 Å². The third-order valence-electron chi connectivity index (χ3n) is 6.20. The summed E-state index contributed by atoms with van der Waals surface area (Å²) in [5.41, 5.74) is 4.34. The first-order chi connectivity index (χ1) is 13.9. The van der Waals surface area contributed by atoms with E-state index in [4.69, 9.17) is 0 Å². The number of anilines is 2. The Kier molecular flexibility index (Phi) is 7.70. The summed E-state index contributed by atoms with van der Waals surface area (Å²) in [4.78, 5) is 2.56. The van der Waals surface area contributed by atoms with Gasteiger partial charge in [0.1, 0.15) is 15.2 Å². The van der Waals surface area contributed by atoms with Crippen LogP contribution >= 0.6 is 23.3 Å². The lowest BCUT2D eigenvalue weighted by atomic mass is 9.74. The van der Waals surface area contributed by atoms with E-state index in [0.717, 1.165) is 21.5 Å². The number of aryl methyl sites for hydroxylation is 1. The minimum absolute atomic E-state index is 0.525. The molecule has 4 nitrogen and oxygen atoms in total. The smallest absolute Gasteiger partial charge is 0.137 e. The molecule has 2 aromatic rings. The highest BCUT2D eigenvalue weighted by Crippen LogP contribution is 2.42. The van der Waals surface area contributed by atoms with E-state index in [9.17, 15) is 4.21 Å². The van der Waals surface area contributed by atoms with Crippen molar-refractivity contribution in [3.8, 4) is 0 Å². The van der Waals surface area contributed by atoms with Crippen molar-refractivity contribution in [2.75, 3.05) is 36.8 Å². The lowest BCUT2D eigenvalue weighted by Gasteiger charge is -2.43. The number of hydrogen-bond acceptors (Lipinski definition) is 5. The molecule has 1 aliphatic rings. The SMILES string of the molecule is CCC1(CC)CCN(c2c(C)cccc2NSc2ccc(S(=O)N(C)C)s2)CC1. The number of para-hydroxylation sites is 1. The molecule has 1 N–H and O–H groups in total. The summed E-state index contributed by atoms with van der Waals surface area (Å²) in [6, 6.07) is 10.5. The third kappa shape index (κ3) is 5.19. The van der Waals surface area contributed by atoms with Crippen molar-refractivity contribution in [2.24, 2.45) is 5.41 Å². The molecule has 29 heavy (non-hydrogen) atoms. The van der Waals surface area contributed by atoms with Crippen LogP contribution in [0.2, 0.25) is 0 Å². The van der Waals surface area contributed by atoms with Crippen LogP contribution < -0.4 is 9.62 Å². The maximum Gasteiger partial charge on any atom is 0.137 e. The Morgan fingerprint density at radius 1 is 1.17 bits per heavy atom. The van der Waals surface area contributed by atoms with Crippen LogP contribution in [-0.2, 0) is 11.0 Å². The summed E-state index contributed by atoms with van der Waals surface area (Å²) >= 11 is 3.19. The molecule has 0 amide bonds. The van der Waals surface area contributed by atoms with Gasteiger partial charge in [-0.1, -0.05) is 38.8 Å². The molecule has 1 saturated heterocycles. The number of thiophene rings is 1. The van der Waals surface area contributed by atoms with E-state index >= 15 is 0 Å². The number of nitrogens with zero attached hydrogens (tertiary/aromatic N) is 2. The van der Waals surface area contributed by atoms with Gasteiger partial charge >= 0.3 is 0 Å². The monoisotopic (exact) mass is 451 g/mol. The van der Waals surface area contributed by atoms with E-state index < -0.39 is 11.0 Å². The molecule has 0 radical (unpaired) electrons. The van der Waals surface area contributed by atoms with Crippen molar-refractivity contribution in [3.63, 3.8) is 0 Å². The van der Waals surface area contributed by atoms with Gasteiger partial charge < -0.3 is 9.62 Å². The Hall–Kier alpha value is -1.02. The molecule has 0 spiro atoms. The first kappa shape index (κ1) is 22.7. The van der Waals surface area contributed by atoms with Gasteiger partial charge in [-0.25, -0.2) is 8.51 Å². The lowest BCUT2D eigenvalue weighted by Crippen LogP contribution is -2.40. The summed E-state index contributed by atoms with van der Waals surface area (Å²) in [5.74, 6) is 0. The lowest BCUT2D eigenvalue weighted by molar-refractivity contribution is 0.199. The summed E-state index contributed by atoms with van der Waals surface area (Å²) in [6.07, 6.45) is 5.10. The molecule has 1 fully saturated rings. The first-order valence-corrected chi connectivity index (χ1v) is 13.1. The maximum absolute atomic E-state index is 12.3. The molecule has 0 bridgehead atoms. The average Bonchev–Trinajstić information content (AvgIpc) is 3.21. The van der Waals surface area contributed by atoms with Crippen molar-refractivity contribution in [3.05, 3.63) is 35.9 Å². The van der Waals surface area contributed by atoms with Crippen LogP contribution in [-0.4, -0.2) is 35.7 Å². The van der Waals surface area contributed by atoms with E-state index in [0.29, 0.717) is 5.41 Å². The van der Waals surface area contributed by atoms with Gasteiger partial charge in [0, 0.05) is 13.1 Å². The molecule has 3 rings (SSSR count). The second-order valence-corrected chi connectivity index (χ2v) is 12.1. The Morgan fingerprint density at radius 2 is 1.86 bits per heavy atom. The zero-order valence-corrected chi connectivity index (χ0v) is 20.6. The number of hydrogen-bond donors (Lipinski definition) is 1. The minimum atomic E-state index is -1.08. The Labute approximate surface area is 186 Å². The van der Waals surface area contributed by atoms with Crippen molar-refractivity contribution >= 4 is 45.6 Å². The van der Waals surface area contributed by atoms with E-state index in [1.165, 1.54) is 42.6 Å². The fraction of sp³-hybridized carbons (Fsp3) is 0.545. The van der Waals surface area contributed by atoms with E-state index in [1.54, 1.807) is 27.6 Å². The maximum atomic E-state index is 12.3. The molecular formula is C22H33N3OS3. The normalized spacial score (nSPS) is 17.5. The van der Waals surface area contributed by atoms with Crippen LogP contribution in [0.4, 0.5) is 11.4 Å². The first-order valence-electron chi connectivity index (χ1n) is 10.4. The highest BCUT2D eigenvalue weighted by Gasteiger charge is 2.32. The van der Waals surface area contributed by atoms with Crippen LogP contribution in [0.5, 0.6) is 0 Å². The van der Waals surface area contributed by atoms with E-state index in [1.807, 2.05) is 26.2 Å². The zero-order valence-electron chi connectivity index (χ0n) is 18.2. The molecule has 160 valence electrons. The highest BCUT2D eigenvalue weighted by atomic mass is 32.2. The molecule has 2 heterocycles. The third-order valence-corrected chi connectivity index (χ3v) is 9.86. The van der Waals surface area contributed by atoms with Crippen molar-refractivity contribution in [1.29, 1.82) is 0 Å². The average molecular weight is 452 g/mol. The van der Waals surface area contributed by atoms with Crippen molar-refractivity contribution < 1.29 is 4.21 Å². The van der Waals surface area contributed by atoms with Gasteiger partial charge in [-0.2, -0.15) is 0 Å². The summed E-state index contributed by atoms with van der Waals surface area (Å²) in [6.45, 7) is 9.13. The van der Waals surface area contributed by atoms with Gasteiger partial charge in [-0.15, -0.1) is 11.3 Å². The number of benzene rings is 1. The van der Waals surface area contributed by atoms with Gasteiger partial charge in [0.15, 0.2) is 0 Å². The molecule has 1 atom stereocenters. The summed E-state index contributed by atoms with van der Waals surface area (Å²) in [7, 11) is 2.59. The molecule has 7 heteroatoms. The van der Waals surface area contributed by atoms with Gasteiger partial charge in [-0.05, 0) is 75.0 Å². The number of nitrogens with one attached hydrogen (secondary N) is 1. The number of piperidine rings is 1. The summed E-state index contributed by atoms with van der Waals surface area (Å²) in [5, 5.41) is 0. The Bertz CT molecular complexity index is 836. The largest absolute Gasteiger partial charge is 0.370 e.